The summed E-state index contributed by atoms with van der Waals surface area (Å²) in [4.78, 5) is 17.2. The van der Waals surface area contributed by atoms with Crippen LogP contribution in [0.25, 0.3) is 6.08 Å². The number of ether oxygens (including phenoxy) is 1. The van der Waals surface area contributed by atoms with Crippen molar-refractivity contribution < 1.29 is 9.53 Å². The lowest BCUT2D eigenvalue weighted by atomic mass is 10.2. The smallest absolute Gasteiger partial charge is 0.264 e. The predicted octanol–water partition coefficient (Wildman–Crippen LogP) is 4.55. The number of methoxy groups -OCH3 is 1. The lowest BCUT2D eigenvalue weighted by Gasteiger charge is -2.02. The van der Waals surface area contributed by atoms with Crippen LogP contribution in [-0.4, -0.2) is 18.2 Å². The lowest BCUT2D eigenvalue weighted by molar-refractivity contribution is -0.115. The molecule has 1 N–H and O–H groups in total. The number of nitrogens with one attached hydrogen (secondary N) is 1. The molecule has 6 heteroatoms. The van der Waals surface area contributed by atoms with Gasteiger partial charge in [0.1, 0.15) is 5.75 Å². The van der Waals surface area contributed by atoms with Gasteiger partial charge in [-0.15, -0.1) is 0 Å². The third-order valence-corrected chi connectivity index (χ3v) is 4.82. The van der Waals surface area contributed by atoms with Crippen LogP contribution in [0.15, 0.2) is 52.4 Å². The summed E-state index contributed by atoms with van der Waals surface area (Å²) in [5, 5.41) is 3.97. The third-order valence-electron chi connectivity index (χ3n) is 3.50. The largest absolute Gasteiger partial charge is 0.497 e. The van der Waals surface area contributed by atoms with Crippen molar-refractivity contribution in [3.8, 4) is 5.75 Å². The molecule has 122 valence electrons. The van der Waals surface area contributed by atoms with Gasteiger partial charge in [0, 0.05) is 5.02 Å². The highest BCUT2D eigenvalue weighted by atomic mass is 35.5. The number of halogens is 1. The highest BCUT2D eigenvalue weighted by Gasteiger charge is 2.24. The molecule has 24 heavy (non-hydrogen) atoms. The van der Waals surface area contributed by atoms with Crippen molar-refractivity contribution in [2.45, 2.75) is 6.92 Å². The lowest BCUT2D eigenvalue weighted by Crippen LogP contribution is -2.19. The van der Waals surface area contributed by atoms with Crippen molar-refractivity contribution in [1.29, 1.82) is 0 Å². The number of carbonyl (C=O) groups is 1. The van der Waals surface area contributed by atoms with Gasteiger partial charge in [-0.2, -0.15) is 0 Å². The maximum Gasteiger partial charge on any atom is 0.264 e. The van der Waals surface area contributed by atoms with E-state index in [1.807, 2.05) is 55.5 Å². The van der Waals surface area contributed by atoms with Crippen LogP contribution in [0.1, 0.15) is 11.1 Å². The van der Waals surface area contributed by atoms with E-state index in [-0.39, 0.29) is 5.91 Å². The molecule has 0 unspecified atom stereocenters. The second kappa shape index (κ2) is 7.11. The molecule has 1 saturated heterocycles. The number of carbonyl (C=O) groups excluding carboxylic acids is 1. The molecule has 1 aliphatic rings. The summed E-state index contributed by atoms with van der Waals surface area (Å²) in [6.45, 7) is 1.90. The summed E-state index contributed by atoms with van der Waals surface area (Å²) < 4.78 is 5.20. The van der Waals surface area contributed by atoms with Gasteiger partial charge >= 0.3 is 0 Å². The van der Waals surface area contributed by atoms with Crippen LogP contribution in [0.3, 0.4) is 0 Å². The minimum Gasteiger partial charge on any atom is -0.497 e. The van der Waals surface area contributed by atoms with E-state index < -0.39 is 0 Å². The minimum absolute atomic E-state index is 0.166. The fourth-order valence-electron chi connectivity index (χ4n) is 2.19. The summed E-state index contributed by atoms with van der Waals surface area (Å²) in [5.74, 6) is 0.581. The van der Waals surface area contributed by atoms with E-state index in [1.54, 1.807) is 7.11 Å². The summed E-state index contributed by atoms with van der Waals surface area (Å²) in [6.07, 6.45) is 1.82. The van der Waals surface area contributed by atoms with Gasteiger partial charge in [-0.25, -0.2) is 4.99 Å². The number of thioether (sulfide) groups is 1. The summed E-state index contributed by atoms with van der Waals surface area (Å²) >= 11 is 7.41. The molecule has 1 fully saturated rings. The first-order chi connectivity index (χ1) is 11.6. The van der Waals surface area contributed by atoms with Crippen LogP contribution in [0.5, 0.6) is 5.75 Å². The molecule has 1 heterocycles. The molecule has 0 atom stereocenters. The molecule has 0 radical (unpaired) electrons. The maximum absolute atomic E-state index is 12.1. The van der Waals surface area contributed by atoms with Gasteiger partial charge in [0.05, 0.1) is 17.7 Å². The van der Waals surface area contributed by atoms with Gasteiger partial charge in [-0.05, 0) is 60.2 Å². The maximum atomic E-state index is 12.1. The topological polar surface area (TPSA) is 50.7 Å². The Morgan fingerprint density at radius 2 is 2.04 bits per heavy atom. The summed E-state index contributed by atoms with van der Waals surface area (Å²) in [5.41, 5.74) is 2.52. The van der Waals surface area contributed by atoms with E-state index in [0.717, 1.165) is 22.6 Å². The van der Waals surface area contributed by atoms with Crippen molar-refractivity contribution in [3.63, 3.8) is 0 Å². The fraction of sp³-hybridized carbons (Fsp3) is 0.111. The number of nitrogens with zero attached hydrogens (tertiary/aromatic N) is 1. The monoisotopic (exact) mass is 358 g/mol. The Morgan fingerprint density at radius 1 is 1.25 bits per heavy atom. The molecule has 0 aromatic heterocycles. The Morgan fingerprint density at radius 3 is 2.83 bits per heavy atom. The zero-order valence-corrected chi connectivity index (χ0v) is 14.7. The number of amidine groups is 1. The highest BCUT2D eigenvalue weighted by Crippen LogP contribution is 2.31. The Labute approximate surface area is 149 Å². The minimum atomic E-state index is -0.166. The van der Waals surface area contributed by atoms with Crippen LogP contribution in [0, 0.1) is 6.92 Å². The van der Waals surface area contributed by atoms with Gasteiger partial charge in [-0.3, -0.25) is 4.79 Å². The average Bonchev–Trinajstić information content (AvgIpc) is 2.91. The molecule has 2 aromatic rings. The third kappa shape index (κ3) is 3.63. The van der Waals surface area contributed by atoms with E-state index in [0.29, 0.717) is 15.1 Å². The average molecular weight is 359 g/mol. The van der Waals surface area contributed by atoms with Crippen molar-refractivity contribution >= 4 is 46.2 Å². The number of hydrogen-bond acceptors (Lipinski definition) is 4. The van der Waals surface area contributed by atoms with Gasteiger partial charge in [0.15, 0.2) is 5.17 Å². The molecule has 0 spiro atoms. The molecular formula is C18H15ClN2O2S. The van der Waals surface area contributed by atoms with Crippen molar-refractivity contribution in [1.82, 2.24) is 5.32 Å². The molecule has 1 aliphatic heterocycles. The quantitative estimate of drug-likeness (QED) is 0.819. The molecule has 3 rings (SSSR count). The number of benzene rings is 2. The first kappa shape index (κ1) is 16.6. The second-order valence-electron chi connectivity index (χ2n) is 5.14. The van der Waals surface area contributed by atoms with E-state index in [2.05, 4.69) is 10.3 Å². The van der Waals surface area contributed by atoms with Crippen LogP contribution >= 0.6 is 23.4 Å². The Bertz CT molecular complexity index is 862. The van der Waals surface area contributed by atoms with Crippen molar-refractivity contribution in [2.24, 2.45) is 4.99 Å². The number of amides is 1. The first-order valence-corrected chi connectivity index (χ1v) is 8.45. The highest BCUT2D eigenvalue weighted by molar-refractivity contribution is 8.18. The molecule has 2 aromatic carbocycles. The Balaban J connectivity index is 1.86. The SMILES string of the molecule is COc1cccc(/C=C2/SC(=Nc3cccc(Cl)c3C)NC2=O)c1. The van der Waals surface area contributed by atoms with E-state index >= 15 is 0 Å². The van der Waals surface area contributed by atoms with Crippen LogP contribution in [-0.2, 0) is 4.79 Å². The Hall–Kier alpha value is -2.24. The zero-order chi connectivity index (χ0) is 17.1. The van der Waals surface area contributed by atoms with Gasteiger partial charge in [0.2, 0.25) is 0 Å². The molecule has 1 amide bonds. The predicted molar refractivity (Wildman–Crippen MR) is 100.0 cm³/mol. The van der Waals surface area contributed by atoms with Crippen molar-refractivity contribution in [2.75, 3.05) is 7.11 Å². The van der Waals surface area contributed by atoms with Crippen LogP contribution in [0.2, 0.25) is 5.02 Å². The van der Waals surface area contributed by atoms with E-state index in [4.69, 9.17) is 16.3 Å². The number of hydrogen-bond donors (Lipinski definition) is 1. The van der Waals surface area contributed by atoms with Crippen LogP contribution in [0.4, 0.5) is 5.69 Å². The normalized spacial score (nSPS) is 17.4. The van der Waals surface area contributed by atoms with Gasteiger partial charge in [-0.1, -0.05) is 29.8 Å². The summed E-state index contributed by atoms with van der Waals surface area (Å²) in [7, 11) is 1.61. The molecule has 0 saturated carbocycles. The number of aliphatic imine (C=N–C) groups is 1. The van der Waals surface area contributed by atoms with E-state index in [9.17, 15) is 4.79 Å². The van der Waals surface area contributed by atoms with Gasteiger partial charge < -0.3 is 10.1 Å². The standard InChI is InChI=1S/C18H15ClN2O2S/c1-11-14(19)7-4-8-15(11)20-18-21-17(22)16(24-18)10-12-5-3-6-13(9-12)23-2/h3-10H,1-2H3,(H,20,21,22)/b16-10+. The molecule has 0 bridgehead atoms. The van der Waals surface area contributed by atoms with Crippen molar-refractivity contribution in [3.05, 3.63) is 63.5 Å². The number of rotatable bonds is 3. The molecule has 0 aliphatic carbocycles. The Kier molecular flexibility index (Phi) is 4.92. The second-order valence-corrected chi connectivity index (χ2v) is 6.58. The van der Waals surface area contributed by atoms with E-state index in [1.165, 1.54) is 11.8 Å². The fourth-order valence-corrected chi connectivity index (χ4v) is 3.19. The molecular weight excluding hydrogens is 344 g/mol. The first-order valence-electron chi connectivity index (χ1n) is 7.25. The zero-order valence-electron chi connectivity index (χ0n) is 13.2. The van der Waals surface area contributed by atoms with Gasteiger partial charge in [0.25, 0.3) is 5.91 Å². The molecule has 4 nitrogen and oxygen atoms in total. The van der Waals surface area contributed by atoms with Crippen LogP contribution < -0.4 is 10.1 Å². The summed E-state index contributed by atoms with van der Waals surface area (Å²) in [6, 6.07) is 13.0.